The molecule has 0 aliphatic carbocycles. The summed E-state index contributed by atoms with van der Waals surface area (Å²) in [5, 5.41) is 10.1. The number of hydrogen-bond donors (Lipinski definition) is 2. The van der Waals surface area contributed by atoms with Crippen LogP contribution in [-0.4, -0.2) is 5.11 Å². The van der Waals surface area contributed by atoms with E-state index in [4.69, 9.17) is 5.73 Å². The second-order valence-corrected chi connectivity index (χ2v) is 5.36. The molecule has 0 aliphatic heterocycles. The maximum Gasteiger partial charge on any atom is 0.120 e. The SMILES string of the molecule is CCCC(CCC)C(N)c1cc(C)c(C)cc1O. The lowest BCUT2D eigenvalue weighted by molar-refractivity contribution is 0.357. The van der Waals surface area contributed by atoms with Crippen molar-refractivity contribution in [3.05, 3.63) is 28.8 Å². The number of aryl methyl sites for hydroxylation is 2. The van der Waals surface area contributed by atoms with E-state index in [1.165, 1.54) is 5.56 Å². The monoisotopic (exact) mass is 249 g/mol. The van der Waals surface area contributed by atoms with Crippen LogP contribution in [0.5, 0.6) is 5.75 Å². The zero-order valence-electron chi connectivity index (χ0n) is 12.2. The molecule has 2 nitrogen and oxygen atoms in total. The molecular formula is C16H27NO. The molecule has 0 saturated carbocycles. The molecule has 1 rings (SSSR count). The Morgan fingerprint density at radius 3 is 2.06 bits per heavy atom. The number of phenols is 1. The Kier molecular flexibility index (Phi) is 5.67. The number of hydrogen-bond acceptors (Lipinski definition) is 2. The molecule has 0 heterocycles. The first-order chi connectivity index (χ1) is 8.51. The van der Waals surface area contributed by atoms with Gasteiger partial charge in [0.05, 0.1) is 0 Å². The topological polar surface area (TPSA) is 46.2 Å². The van der Waals surface area contributed by atoms with Crippen LogP contribution in [0.4, 0.5) is 0 Å². The van der Waals surface area contributed by atoms with E-state index in [1.807, 2.05) is 19.1 Å². The van der Waals surface area contributed by atoms with Crippen molar-refractivity contribution in [3.8, 4) is 5.75 Å². The minimum atomic E-state index is -0.0517. The average molecular weight is 249 g/mol. The lowest BCUT2D eigenvalue weighted by Gasteiger charge is -2.25. The van der Waals surface area contributed by atoms with E-state index in [0.717, 1.165) is 36.8 Å². The van der Waals surface area contributed by atoms with Gasteiger partial charge in [-0.2, -0.15) is 0 Å². The third-order valence-corrected chi connectivity index (χ3v) is 3.83. The van der Waals surface area contributed by atoms with Gasteiger partial charge in [-0.05, 0) is 49.8 Å². The summed E-state index contributed by atoms with van der Waals surface area (Å²) in [6.45, 7) is 8.46. The van der Waals surface area contributed by atoms with Crippen LogP contribution in [-0.2, 0) is 0 Å². The third kappa shape index (κ3) is 3.49. The molecule has 0 spiro atoms. The highest BCUT2D eigenvalue weighted by Crippen LogP contribution is 2.34. The molecule has 0 radical (unpaired) electrons. The molecule has 3 N–H and O–H groups in total. The van der Waals surface area contributed by atoms with Gasteiger partial charge >= 0.3 is 0 Å². The van der Waals surface area contributed by atoms with E-state index < -0.39 is 0 Å². The van der Waals surface area contributed by atoms with Crippen LogP contribution in [0.3, 0.4) is 0 Å². The Bertz CT molecular complexity index is 381. The third-order valence-electron chi connectivity index (χ3n) is 3.83. The molecule has 1 aromatic rings. The van der Waals surface area contributed by atoms with Gasteiger partial charge in [0.15, 0.2) is 0 Å². The summed E-state index contributed by atoms with van der Waals surface area (Å²) >= 11 is 0. The quantitative estimate of drug-likeness (QED) is 0.792. The molecular weight excluding hydrogens is 222 g/mol. The first-order valence-electron chi connectivity index (χ1n) is 7.06. The first-order valence-corrected chi connectivity index (χ1v) is 7.06. The van der Waals surface area contributed by atoms with Crippen LogP contribution in [0.15, 0.2) is 12.1 Å². The van der Waals surface area contributed by atoms with E-state index >= 15 is 0 Å². The highest BCUT2D eigenvalue weighted by Gasteiger charge is 2.21. The van der Waals surface area contributed by atoms with E-state index in [1.54, 1.807) is 0 Å². The molecule has 0 bridgehead atoms. The minimum absolute atomic E-state index is 0.0517. The Morgan fingerprint density at radius 2 is 1.56 bits per heavy atom. The van der Waals surface area contributed by atoms with E-state index in [2.05, 4.69) is 20.8 Å². The molecule has 0 fully saturated rings. The normalized spacial score (nSPS) is 13.0. The van der Waals surface area contributed by atoms with Crippen LogP contribution in [0.25, 0.3) is 0 Å². The maximum absolute atomic E-state index is 10.1. The maximum atomic E-state index is 10.1. The van der Waals surface area contributed by atoms with E-state index in [-0.39, 0.29) is 6.04 Å². The number of nitrogens with two attached hydrogens (primary N) is 1. The summed E-state index contributed by atoms with van der Waals surface area (Å²) in [6, 6.07) is 3.83. The highest BCUT2D eigenvalue weighted by molar-refractivity contribution is 5.42. The fourth-order valence-electron chi connectivity index (χ4n) is 2.59. The summed E-state index contributed by atoms with van der Waals surface area (Å²) in [6.07, 6.45) is 4.54. The van der Waals surface area contributed by atoms with Crippen molar-refractivity contribution < 1.29 is 5.11 Å². The molecule has 1 unspecified atom stereocenters. The van der Waals surface area contributed by atoms with Crippen LogP contribution >= 0.6 is 0 Å². The molecule has 0 amide bonds. The van der Waals surface area contributed by atoms with Gasteiger partial charge in [-0.3, -0.25) is 0 Å². The van der Waals surface area contributed by atoms with Crippen molar-refractivity contribution in [1.82, 2.24) is 0 Å². The van der Waals surface area contributed by atoms with Crippen molar-refractivity contribution >= 4 is 0 Å². The van der Waals surface area contributed by atoms with Crippen molar-refractivity contribution in [2.45, 2.75) is 59.4 Å². The molecule has 0 aromatic heterocycles. The van der Waals surface area contributed by atoms with Crippen molar-refractivity contribution in [2.24, 2.45) is 11.7 Å². The van der Waals surface area contributed by atoms with E-state index in [0.29, 0.717) is 11.7 Å². The Hall–Kier alpha value is -1.02. The van der Waals surface area contributed by atoms with Crippen LogP contribution in [0.2, 0.25) is 0 Å². The van der Waals surface area contributed by atoms with Gasteiger partial charge in [0.25, 0.3) is 0 Å². The van der Waals surface area contributed by atoms with Gasteiger partial charge in [-0.25, -0.2) is 0 Å². The van der Waals surface area contributed by atoms with E-state index in [9.17, 15) is 5.11 Å². The lowest BCUT2D eigenvalue weighted by Crippen LogP contribution is -2.21. The van der Waals surface area contributed by atoms with Crippen LogP contribution in [0, 0.1) is 19.8 Å². The van der Waals surface area contributed by atoms with Crippen LogP contribution in [0.1, 0.15) is 62.3 Å². The fraction of sp³-hybridized carbons (Fsp3) is 0.625. The number of benzene rings is 1. The molecule has 0 aliphatic rings. The second-order valence-electron chi connectivity index (χ2n) is 5.36. The summed E-state index contributed by atoms with van der Waals surface area (Å²) in [4.78, 5) is 0. The predicted octanol–water partition coefficient (Wildman–Crippen LogP) is 4.23. The molecule has 102 valence electrons. The van der Waals surface area contributed by atoms with Gasteiger partial charge in [-0.1, -0.05) is 32.8 Å². The largest absolute Gasteiger partial charge is 0.508 e. The lowest BCUT2D eigenvalue weighted by atomic mass is 9.85. The van der Waals surface area contributed by atoms with Crippen molar-refractivity contribution in [2.75, 3.05) is 0 Å². The predicted molar refractivity (Wildman–Crippen MR) is 77.8 cm³/mol. The molecule has 1 aromatic carbocycles. The summed E-state index contributed by atoms with van der Waals surface area (Å²) < 4.78 is 0. The fourth-order valence-corrected chi connectivity index (χ4v) is 2.59. The number of phenolic OH excluding ortho intramolecular Hbond substituents is 1. The standard InChI is InChI=1S/C16H27NO/c1-5-7-13(8-6-2)16(17)14-9-11(3)12(4)10-15(14)18/h9-10,13,16,18H,5-8,17H2,1-4H3. The summed E-state index contributed by atoms with van der Waals surface area (Å²) in [5.74, 6) is 0.816. The summed E-state index contributed by atoms with van der Waals surface area (Å²) in [7, 11) is 0. The first kappa shape index (κ1) is 15.0. The Labute approximate surface area is 111 Å². The highest BCUT2D eigenvalue weighted by atomic mass is 16.3. The van der Waals surface area contributed by atoms with Crippen LogP contribution < -0.4 is 5.73 Å². The second kappa shape index (κ2) is 6.79. The van der Waals surface area contributed by atoms with Gasteiger partial charge in [0.1, 0.15) is 5.75 Å². The molecule has 2 heteroatoms. The number of aromatic hydroxyl groups is 1. The molecule has 1 atom stereocenters. The average Bonchev–Trinajstić information content (AvgIpc) is 2.33. The summed E-state index contributed by atoms with van der Waals surface area (Å²) in [5.41, 5.74) is 9.59. The molecule has 0 saturated heterocycles. The minimum Gasteiger partial charge on any atom is -0.508 e. The van der Waals surface area contributed by atoms with Crippen molar-refractivity contribution in [1.29, 1.82) is 0 Å². The van der Waals surface area contributed by atoms with Gasteiger partial charge < -0.3 is 10.8 Å². The zero-order chi connectivity index (χ0) is 13.7. The Balaban J connectivity index is 3.00. The smallest absolute Gasteiger partial charge is 0.120 e. The van der Waals surface area contributed by atoms with Crippen molar-refractivity contribution in [3.63, 3.8) is 0 Å². The van der Waals surface area contributed by atoms with Gasteiger partial charge in [0, 0.05) is 11.6 Å². The van der Waals surface area contributed by atoms with Gasteiger partial charge in [0.2, 0.25) is 0 Å². The number of rotatable bonds is 6. The zero-order valence-corrected chi connectivity index (χ0v) is 12.2. The Morgan fingerprint density at radius 1 is 1.06 bits per heavy atom. The molecule has 18 heavy (non-hydrogen) atoms. The van der Waals surface area contributed by atoms with Gasteiger partial charge in [-0.15, -0.1) is 0 Å².